The summed E-state index contributed by atoms with van der Waals surface area (Å²) in [7, 11) is 0. The zero-order valence-electron chi connectivity index (χ0n) is 10.8. The lowest BCUT2D eigenvalue weighted by atomic mass is 10.2. The van der Waals surface area contributed by atoms with E-state index < -0.39 is 17.7 Å². The van der Waals surface area contributed by atoms with Gasteiger partial charge in [-0.25, -0.2) is 9.78 Å². The van der Waals surface area contributed by atoms with E-state index in [0.717, 1.165) is 4.88 Å². The number of alkyl carbamates (subject to hydrolysis) is 1. The van der Waals surface area contributed by atoms with Crippen molar-refractivity contribution >= 4 is 17.4 Å². The second kappa shape index (κ2) is 6.12. The van der Waals surface area contributed by atoms with Gasteiger partial charge in [-0.3, -0.25) is 0 Å². The summed E-state index contributed by atoms with van der Waals surface area (Å²) in [5.74, 6) is 0. The molecule has 0 aromatic carbocycles. The van der Waals surface area contributed by atoms with Crippen LogP contribution in [-0.2, 0) is 11.3 Å². The van der Waals surface area contributed by atoms with E-state index in [0.29, 0.717) is 5.01 Å². The highest BCUT2D eigenvalue weighted by molar-refractivity contribution is 7.11. The molecule has 0 fully saturated rings. The van der Waals surface area contributed by atoms with Gasteiger partial charge in [0.25, 0.3) is 0 Å². The van der Waals surface area contributed by atoms with Crippen LogP contribution in [0.1, 0.15) is 36.7 Å². The van der Waals surface area contributed by atoms with Crippen molar-refractivity contribution in [1.29, 1.82) is 0 Å². The molecule has 1 atom stereocenters. The van der Waals surface area contributed by atoms with Crippen LogP contribution < -0.4 is 11.1 Å². The van der Waals surface area contributed by atoms with E-state index in [1.165, 1.54) is 11.3 Å². The first kappa shape index (κ1) is 14.9. The smallest absolute Gasteiger partial charge is 0.407 e. The van der Waals surface area contributed by atoms with Gasteiger partial charge in [-0.15, -0.1) is 11.3 Å². The largest absolute Gasteiger partial charge is 0.444 e. The fourth-order valence-corrected chi connectivity index (χ4v) is 1.94. The summed E-state index contributed by atoms with van der Waals surface area (Å²) in [6.45, 7) is 5.57. The summed E-state index contributed by atoms with van der Waals surface area (Å²) >= 11 is 1.33. The molecule has 1 aromatic heterocycles. The number of aromatic nitrogens is 1. The number of aliphatic hydroxyl groups is 1. The van der Waals surface area contributed by atoms with Crippen molar-refractivity contribution in [3.05, 3.63) is 16.1 Å². The van der Waals surface area contributed by atoms with E-state index in [4.69, 9.17) is 15.6 Å². The average molecular weight is 273 g/mol. The van der Waals surface area contributed by atoms with Crippen LogP contribution in [0.25, 0.3) is 0 Å². The van der Waals surface area contributed by atoms with E-state index >= 15 is 0 Å². The van der Waals surface area contributed by atoms with Gasteiger partial charge in [-0.2, -0.15) is 0 Å². The summed E-state index contributed by atoms with van der Waals surface area (Å²) in [6, 6.07) is -0.400. The van der Waals surface area contributed by atoms with Crippen LogP contribution in [0.15, 0.2) is 6.20 Å². The summed E-state index contributed by atoms with van der Waals surface area (Å²) in [5, 5.41) is 12.2. The van der Waals surface area contributed by atoms with Crippen LogP contribution in [0.2, 0.25) is 0 Å². The summed E-state index contributed by atoms with van der Waals surface area (Å²) in [6.07, 6.45) is 1.07. The van der Waals surface area contributed by atoms with Crippen LogP contribution in [0.4, 0.5) is 4.79 Å². The van der Waals surface area contributed by atoms with Crippen molar-refractivity contribution in [2.45, 2.75) is 39.0 Å². The Labute approximate surface area is 110 Å². The number of hydrogen-bond donors (Lipinski definition) is 3. The highest BCUT2D eigenvalue weighted by Gasteiger charge is 2.17. The van der Waals surface area contributed by atoms with Gasteiger partial charge in [-0.1, -0.05) is 0 Å². The number of ether oxygens (including phenoxy) is 1. The van der Waals surface area contributed by atoms with Crippen molar-refractivity contribution in [2.75, 3.05) is 6.54 Å². The van der Waals surface area contributed by atoms with Crippen LogP contribution in [0.5, 0.6) is 0 Å². The Morgan fingerprint density at radius 1 is 1.67 bits per heavy atom. The first-order valence-corrected chi connectivity index (χ1v) is 6.41. The van der Waals surface area contributed by atoms with Crippen molar-refractivity contribution in [3.63, 3.8) is 0 Å². The Hall–Kier alpha value is -1.18. The molecule has 6 nitrogen and oxygen atoms in total. The quantitative estimate of drug-likeness (QED) is 0.764. The lowest BCUT2D eigenvalue weighted by Gasteiger charge is -2.20. The molecule has 0 saturated carbocycles. The van der Waals surface area contributed by atoms with Gasteiger partial charge in [0.1, 0.15) is 10.6 Å². The second-order valence-electron chi connectivity index (χ2n) is 4.81. The lowest BCUT2D eigenvalue weighted by Crippen LogP contribution is -2.36. The minimum Gasteiger partial charge on any atom is -0.444 e. The fourth-order valence-electron chi connectivity index (χ4n) is 1.16. The molecule has 7 heteroatoms. The van der Waals surface area contributed by atoms with Gasteiger partial charge in [0.15, 0.2) is 0 Å². The predicted octanol–water partition coefficient (Wildman–Crippen LogP) is 1.16. The molecular formula is C11H19N3O3S. The molecule has 0 aliphatic rings. The van der Waals surface area contributed by atoms with Crippen molar-refractivity contribution < 1.29 is 14.6 Å². The lowest BCUT2D eigenvalue weighted by molar-refractivity contribution is 0.0524. The molecule has 0 aliphatic carbocycles. The minimum absolute atomic E-state index is 0.0517. The maximum atomic E-state index is 11.4. The average Bonchev–Trinajstić information content (AvgIpc) is 2.72. The van der Waals surface area contributed by atoms with Crippen molar-refractivity contribution in [2.24, 2.45) is 5.73 Å². The summed E-state index contributed by atoms with van der Waals surface area (Å²) in [5.41, 5.74) is 5.34. The van der Waals surface area contributed by atoms with E-state index in [1.807, 2.05) is 0 Å². The topological polar surface area (TPSA) is 97.5 Å². The number of aliphatic hydroxyl groups excluding tert-OH is 1. The number of nitrogens with zero attached hydrogens (tertiary/aromatic N) is 1. The molecule has 0 radical (unpaired) electrons. The number of hydrogen-bond acceptors (Lipinski definition) is 6. The monoisotopic (exact) mass is 273 g/mol. The third-order valence-corrected chi connectivity index (χ3v) is 3.02. The highest BCUT2D eigenvalue weighted by Crippen LogP contribution is 2.18. The normalized spacial score (nSPS) is 13.2. The fraction of sp³-hybridized carbons (Fsp3) is 0.636. The first-order chi connectivity index (χ1) is 8.31. The Bertz CT molecular complexity index is 400. The number of thiazole rings is 1. The molecule has 1 aromatic rings. The maximum Gasteiger partial charge on any atom is 0.407 e. The molecule has 1 rings (SSSR count). The van der Waals surface area contributed by atoms with Gasteiger partial charge in [0, 0.05) is 12.7 Å². The van der Waals surface area contributed by atoms with Crippen LogP contribution in [0, 0.1) is 0 Å². The molecule has 0 bridgehead atoms. The Kier molecular flexibility index (Phi) is 5.06. The standard InChI is InChI=1S/C11H19N3O3S/c1-11(2,3)17-10(16)14-5-8(12)9-13-4-7(6-15)18-9/h4,8,15H,5-6,12H2,1-3H3,(H,14,16). The molecule has 4 N–H and O–H groups in total. The Morgan fingerprint density at radius 2 is 2.33 bits per heavy atom. The zero-order valence-corrected chi connectivity index (χ0v) is 11.6. The molecule has 0 aliphatic heterocycles. The molecule has 1 amide bonds. The number of nitrogens with one attached hydrogen (secondary N) is 1. The maximum absolute atomic E-state index is 11.4. The second-order valence-corrected chi connectivity index (χ2v) is 5.96. The molecule has 0 spiro atoms. The van der Waals surface area contributed by atoms with Gasteiger partial charge >= 0.3 is 6.09 Å². The molecule has 102 valence electrons. The third-order valence-electron chi connectivity index (χ3n) is 1.91. The third kappa shape index (κ3) is 4.99. The molecule has 1 unspecified atom stereocenters. The van der Waals surface area contributed by atoms with E-state index in [2.05, 4.69) is 10.3 Å². The highest BCUT2D eigenvalue weighted by atomic mass is 32.1. The Morgan fingerprint density at radius 3 is 2.83 bits per heavy atom. The molecule has 1 heterocycles. The van der Waals surface area contributed by atoms with E-state index in [-0.39, 0.29) is 13.2 Å². The van der Waals surface area contributed by atoms with E-state index in [1.54, 1.807) is 27.0 Å². The Balaban J connectivity index is 2.41. The minimum atomic E-state index is -0.528. The first-order valence-electron chi connectivity index (χ1n) is 5.59. The van der Waals surface area contributed by atoms with E-state index in [9.17, 15) is 4.79 Å². The summed E-state index contributed by atoms with van der Waals surface area (Å²) in [4.78, 5) is 16.2. The van der Waals surface area contributed by atoms with Crippen LogP contribution in [0.3, 0.4) is 0 Å². The van der Waals surface area contributed by atoms with Gasteiger partial charge in [0.2, 0.25) is 0 Å². The molecular weight excluding hydrogens is 254 g/mol. The predicted molar refractivity (Wildman–Crippen MR) is 69.2 cm³/mol. The van der Waals surface area contributed by atoms with Crippen LogP contribution >= 0.6 is 11.3 Å². The van der Waals surface area contributed by atoms with Gasteiger partial charge < -0.3 is 20.9 Å². The number of carbonyl (C=O) groups is 1. The van der Waals surface area contributed by atoms with Gasteiger partial charge in [0.05, 0.1) is 17.5 Å². The molecule has 0 saturated heterocycles. The number of rotatable bonds is 4. The summed E-state index contributed by atoms with van der Waals surface area (Å²) < 4.78 is 5.09. The number of carbonyl (C=O) groups excluding carboxylic acids is 1. The number of amides is 1. The van der Waals surface area contributed by atoms with Gasteiger partial charge in [-0.05, 0) is 20.8 Å². The molecule has 18 heavy (non-hydrogen) atoms. The van der Waals surface area contributed by atoms with Crippen LogP contribution in [-0.4, -0.2) is 28.3 Å². The SMILES string of the molecule is CC(C)(C)OC(=O)NCC(N)c1ncc(CO)s1. The number of nitrogens with two attached hydrogens (primary N) is 1. The van der Waals surface area contributed by atoms with Crippen molar-refractivity contribution in [1.82, 2.24) is 10.3 Å². The van der Waals surface area contributed by atoms with Crippen molar-refractivity contribution in [3.8, 4) is 0 Å². The zero-order chi connectivity index (χ0) is 13.8.